The fraction of sp³-hybridized carbons (Fsp3) is 0.421. The van der Waals surface area contributed by atoms with Crippen molar-refractivity contribution in [3.63, 3.8) is 0 Å². The number of ether oxygens (including phenoxy) is 1. The fourth-order valence-corrected chi connectivity index (χ4v) is 7.49. The summed E-state index contributed by atoms with van der Waals surface area (Å²) in [5.41, 5.74) is 15.1. The maximum absolute atomic E-state index is 13.7. The maximum atomic E-state index is 13.7. The molecule has 270 valence electrons. The van der Waals surface area contributed by atoms with Crippen molar-refractivity contribution in [3.05, 3.63) is 102 Å². The third kappa shape index (κ3) is 9.36. The Hall–Kier alpha value is -4.69. The van der Waals surface area contributed by atoms with Crippen molar-refractivity contribution >= 4 is 22.6 Å². The third-order valence-electron chi connectivity index (χ3n) is 9.38. The summed E-state index contributed by atoms with van der Waals surface area (Å²) < 4.78 is 44.2. The van der Waals surface area contributed by atoms with Gasteiger partial charge in [0.1, 0.15) is 36.2 Å². The Morgan fingerprint density at radius 1 is 0.843 bits per heavy atom. The molecule has 2 fully saturated rings. The summed E-state index contributed by atoms with van der Waals surface area (Å²) in [5.74, 6) is -0.351. The number of nitriles is 2. The van der Waals surface area contributed by atoms with Crippen molar-refractivity contribution in [1.29, 1.82) is 10.5 Å². The van der Waals surface area contributed by atoms with Crippen LogP contribution in [0, 0.1) is 22.7 Å². The number of nitrogens with two attached hydrogens (primary N) is 2. The number of benzene rings is 3. The Morgan fingerprint density at radius 2 is 1.29 bits per heavy atom. The zero-order valence-electron chi connectivity index (χ0n) is 28.9. The average Bonchev–Trinajstić information content (AvgIpc) is 3.73. The molecule has 7 atom stereocenters. The van der Waals surface area contributed by atoms with Crippen LogP contribution >= 0.6 is 0 Å². The first-order valence-corrected chi connectivity index (χ1v) is 17.9. The van der Waals surface area contributed by atoms with Crippen LogP contribution in [0.2, 0.25) is 0 Å². The van der Waals surface area contributed by atoms with Crippen molar-refractivity contribution < 1.29 is 27.3 Å². The van der Waals surface area contributed by atoms with E-state index in [0.717, 1.165) is 16.7 Å². The van der Waals surface area contributed by atoms with Gasteiger partial charge in [-0.15, -0.1) is 0 Å². The molecule has 1 unspecified atom stereocenters. The van der Waals surface area contributed by atoms with Gasteiger partial charge in [-0.25, -0.2) is 8.78 Å². The first-order chi connectivity index (χ1) is 24.3. The molecule has 2 amide bonds. The maximum Gasteiger partial charge on any atom is 0.242 e. The molecule has 13 heteroatoms. The summed E-state index contributed by atoms with van der Waals surface area (Å²) >= 11 is 0. The second-order valence-corrected chi connectivity index (χ2v) is 15.2. The summed E-state index contributed by atoms with van der Waals surface area (Å²) in [7, 11) is 0.113. The largest absolute Gasteiger partial charge is 0.497 e. The topological polar surface area (TPSA) is 167 Å². The summed E-state index contributed by atoms with van der Waals surface area (Å²) in [6.07, 6.45) is -2.36. The van der Waals surface area contributed by atoms with Gasteiger partial charge in [-0.1, -0.05) is 72.8 Å². The molecule has 0 saturated carbocycles. The standard InChI is InChI=1S/C20H20FN3O.C18H24FN3O3S/c21-16-11-17(12-22)24(13-16)20(25)19(23)18(14-7-3-1-4-8-14)15-9-5-2-6-10-15;1-18(2,26(24)11-12-4-6-15(25-3)7-5-12)16(21)17(23)22-10-13(19)8-14(22)9-20/h1-10,16-19H,11,13,23H2;4-7,13-14,16H,8,10-11,21H2,1-3H3/t16-,17-,19-;13-,14-,16+,26?/m00/s1. The van der Waals surface area contributed by atoms with Gasteiger partial charge in [0.15, 0.2) is 0 Å². The Bertz CT molecular complexity index is 1700. The van der Waals surface area contributed by atoms with Gasteiger partial charge in [0.25, 0.3) is 0 Å². The lowest BCUT2D eigenvalue weighted by Gasteiger charge is -2.33. The van der Waals surface area contributed by atoms with Crippen molar-refractivity contribution in [3.8, 4) is 17.9 Å². The molecule has 3 aromatic rings. The molecular formula is C38H44F2N6O4S. The summed E-state index contributed by atoms with van der Waals surface area (Å²) in [6, 6.07) is 26.6. The number of nitrogens with zero attached hydrogens (tertiary/aromatic N) is 4. The number of carbonyl (C=O) groups is 2. The van der Waals surface area contributed by atoms with Gasteiger partial charge in [-0.05, 0) is 42.7 Å². The van der Waals surface area contributed by atoms with Crippen molar-refractivity contribution in [1.82, 2.24) is 9.80 Å². The molecule has 4 N–H and O–H groups in total. The van der Waals surface area contributed by atoms with Crippen LogP contribution in [0.15, 0.2) is 84.9 Å². The van der Waals surface area contributed by atoms with Gasteiger partial charge in [0.2, 0.25) is 11.8 Å². The second kappa shape index (κ2) is 17.5. The van der Waals surface area contributed by atoms with Crippen LogP contribution in [-0.4, -0.2) is 87.3 Å². The smallest absolute Gasteiger partial charge is 0.242 e. The second-order valence-electron chi connectivity index (χ2n) is 13.2. The number of hydrogen-bond donors (Lipinski definition) is 2. The number of hydrogen-bond acceptors (Lipinski definition) is 8. The molecule has 5 rings (SSSR count). The highest BCUT2D eigenvalue weighted by molar-refractivity contribution is 7.85. The van der Waals surface area contributed by atoms with Gasteiger partial charge < -0.3 is 26.0 Å². The Labute approximate surface area is 300 Å². The lowest BCUT2D eigenvalue weighted by molar-refractivity contribution is -0.134. The molecule has 2 aliphatic rings. The van der Waals surface area contributed by atoms with Crippen molar-refractivity contribution in [2.45, 2.75) is 79.6 Å². The molecule has 2 aliphatic heterocycles. The van der Waals surface area contributed by atoms with E-state index in [1.807, 2.05) is 72.8 Å². The molecule has 3 aromatic carbocycles. The van der Waals surface area contributed by atoms with Crippen LogP contribution in [0.25, 0.3) is 0 Å². The normalized spacial score (nSPS) is 21.8. The lowest BCUT2D eigenvalue weighted by atomic mass is 9.84. The van der Waals surface area contributed by atoms with E-state index in [1.165, 1.54) is 9.80 Å². The number of alkyl halides is 2. The number of carbonyl (C=O) groups excluding carboxylic acids is 2. The molecule has 0 radical (unpaired) electrons. The highest BCUT2D eigenvalue weighted by Gasteiger charge is 2.44. The van der Waals surface area contributed by atoms with E-state index in [1.54, 1.807) is 45.2 Å². The van der Waals surface area contributed by atoms with Crippen LogP contribution in [0.1, 0.15) is 49.3 Å². The van der Waals surface area contributed by atoms with Crippen LogP contribution in [-0.2, 0) is 26.1 Å². The molecule has 0 aliphatic carbocycles. The summed E-state index contributed by atoms with van der Waals surface area (Å²) in [4.78, 5) is 28.1. The third-order valence-corrected chi connectivity index (χ3v) is 11.4. The monoisotopic (exact) mass is 718 g/mol. The number of likely N-dealkylation sites (tertiary alicyclic amines) is 2. The van der Waals surface area contributed by atoms with Crippen molar-refractivity contribution in [2.75, 3.05) is 20.2 Å². The Kier molecular flexibility index (Phi) is 13.4. The minimum Gasteiger partial charge on any atom is -0.497 e. The Balaban J connectivity index is 0.000000229. The zero-order valence-corrected chi connectivity index (χ0v) is 29.7. The molecule has 2 saturated heterocycles. The van der Waals surface area contributed by atoms with Gasteiger partial charge in [0, 0.05) is 35.3 Å². The number of methoxy groups -OCH3 is 1. The first kappa shape index (κ1) is 39.1. The van der Waals surface area contributed by atoms with E-state index < -0.39 is 58.0 Å². The van der Waals surface area contributed by atoms with E-state index in [4.69, 9.17) is 21.5 Å². The first-order valence-electron chi connectivity index (χ1n) is 16.6. The SMILES string of the molecule is COc1ccc(CS(=O)C(C)(C)[C@H](N)C(=O)N2C[C@@H](F)C[C@H]2C#N)cc1.N#C[C@@H]1C[C@H](F)CN1C(=O)[C@@H](N)C(c1ccccc1)c1ccccc1. The van der Waals surface area contributed by atoms with Gasteiger partial charge in [-0.3, -0.25) is 13.8 Å². The zero-order chi connectivity index (χ0) is 37.3. The van der Waals surface area contributed by atoms with Gasteiger partial charge in [0.05, 0.1) is 43.1 Å². The number of halogens is 2. The molecular weight excluding hydrogens is 675 g/mol. The van der Waals surface area contributed by atoms with Crippen LogP contribution in [0.4, 0.5) is 8.78 Å². The number of rotatable bonds is 10. The molecule has 2 heterocycles. The van der Waals surface area contributed by atoms with Crippen LogP contribution in [0.5, 0.6) is 5.75 Å². The predicted molar refractivity (Wildman–Crippen MR) is 191 cm³/mol. The Morgan fingerprint density at radius 3 is 1.73 bits per heavy atom. The molecule has 51 heavy (non-hydrogen) atoms. The highest BCUT2D eigenvalue weighted by atomic mass is 32.2. The van der Waals surface area contributed by atoms with Crippen LogP contribution in [0.3, 0.4) is 0 Å². The fourth-order valence-electron chi connectivity index (χ4n) is 6.24. The van der Waals surface area contributed by atoms with Gasteiger partial charge in [-0.2, -0.15) is 10.5 Å². The molecule has 0 bridgehead atoms. The minimum absolute atomic E-state index is 0.00960. The predicted octanol–water partition coefficient (Wildman–Crippen LogP) is 4.12. The van der Waals surface area contributed by atoms with Crippen molar-refractivity contribution in [2.24, 2.45) is 11.5 Å². The molecule has 10 nitrogen and oxygen atoms in total. The van der Waals surface area contributed by atoms with E-state index in [9.17, 15) is 27.8 Å². The van der Waals surface area contributed by atoms with Crippen LogP contribution < -0.4 is 16.2 Å². The molecule has 0 aromatic heterocycles. The highest BCUT2D eigenvalue weighted by Crippen LogP contribution is 2.31. The minimum atomic E-state index is -1.45. The average molecular weight is 719 g/mol. The van der Waals surface area contributed by atoms with Gasteiger partial charge >= 0.3 is 0 Å². The van der Waals surface area contributed by atoms with E-state index in [-0.39, 0.29) is 43.5 Å². The summed E-state index contributed by atoms with van der Waals surface area (Å²) in [5, 5.41) is 18.3. The molecule has 0 spiro atoms. The van der Waals surface area contributed by atoms with E-state index >= 15 is 0 Å². The quantitative estimate of drug-likeness (QED) is 0.316. The summed E-state index contributed by atoms with van der Waals surface area (Å²) in [6.45, 7) is 3.09. The number of amides is 2. The van der Waals surface area contributed by atoms with E-state index in [2.05, 4.69) is 0 Å². The van der Waals surface area contributed by atoms with E-state index in [0.29, 0.717) is 5.75 Å². The lowest BCUT2D eigenvalue weighted by Crippen LogP contribution is -2.57.